The molecule has 0 aromatic heterocycles. The lowest BCUT2D eigenvalue weighted by Gasteiger charge is -2.21. The number of carbonyl (C=O) groups excluding carboxylic acids is 2. The van der Waals surface area contributed by atoms with Gasteiger partial charge in [0.2, 0.25) is 0 Å². The van der Waals surface area contributed by atoms with Gasteiger partial charge in [0.1, 0.15) is 0 Å². The van der Waals surface area contributed by atoms with Crippen molar-refractivity contribution in [1.29, 1.82) is 0 Å². The van der Waals surface area contributed by atoms with Crippen molar-refractivity contribution in [3.05, 3.63) is 60.2 Å². The van der Waals surface area contributed by atoms with E-state index < -0.39 is 0 Å². The van der Waals surface area contributed by atoms with Crippen LogP contribution in [0.5, 0.6) is 0 Å². The summed E-state index contributed by atoms with van der Waals surface area (Å²) in [6.45, 7) is 3.77. The fraction of sp³-hybridized carbons (Fsp3) is 0.333. The van der Waals surface area contributed by atoms with E-state index >= 15 is 0 Å². The molecule has 0 saturated heterocycles. The molecule has 0 spiro atoms. The highest BCUT2D eigenvalue weighted by atomic mass is 32.2. The molecule has 0 saturated carbocycles. The van der Waals surface area contributed by atoms with Crippen molar-refractivity contribution in [3.8, 4) is 0 Å². The molecule has 5 heteroatoms. The number of hydrogen-bond donors (Lipinski definition) is 1. The van der Waals surface area contributed by atoms with Crippen LogP contribution in [0.2, 0.25) is 0 Å². The molecule has 0 aliphatic rings. The molecule has 0 bridgehead atoms. The van der Waals surface area contributed by atoms with E-state index in [0.29, 0.717) is 0 Å². The molecule has 2 aromatic carbocycles. The first-order valence-electron chi connectivity index (χ1n) is 8.71. The zero-order valence-corrected chi connectivity index (χ0v) is 16.2. The van der Waals surface area contributed by atoms with E-state index in [1.165, 1.54) is 0 Å². The number of esters is 1. The smallest absolute Gasteiger partial charge is 0.314 e. The SMILES string of the molecule is CC[C@@H](C)[C@@H](C(=O)OCC(=O)Nc1ccccc1SC)c1ccccc1. The van der Waals surface area contributed by atoms with Crippen molar-refractivity contribution in [2.75, 3.05) is 18.2 Å². The number of para-hydroxylation sites is 1. The van der Waals surface area contributed by atoms with Crippen LogP contribution in [0, 0.1) is 5.92 Å². The van der Waals surface area contributed by atoms with Crippen molar-refractivity contribution < 1.29 is 14.3 Å². The minimum Gasteiger partial charge on any atom is -0.455 e. The van der Waals surface area contributed by atoms with Crippen LogP contribution in [-0.2, 0) is 14.3 Å². The fourth-order valence-corrected chi connectivity index (χ4v) is 3.31. The van der Waals surface area contributed by atoms with Gasteiger partial charge in [-0.05, 0) is 29.9 Å². The van der Waals surface area contributed by atoms with Gasteiger partial charge in [0, 0.05) is 4.90 Å². The molecule has 0 aliphatic carbocycles. The van der Waals surface area contributed by atoms with Crippen molar-refractivity contribution in [3.63, 3.8) is 0 Å². The Morgan fingerprint density at radius 1 is 1.08 bits per heavy atom. The Balaban J connectivity index is 2.00. The molecule has 0 fully saturated rings. The van der Waals surface area contributed by atoms with Gasteiger partial charge >= 0.3 is 5.97 Å². The molecule has 0 aliphatic heterocycles. The first kappa shape index (κ1) is 20.0. The van der Waals surface area contributed by atoms with Crippen LogP contribution in [0.4, 0.5) is 5.69 Å². The highest BCUT2D eigenvalue weighted by Gasteiger charge is 2.27. The Hall–Kier alpha value is -2.27. The highest BCUT2D eigenvalue weighted by Crippen LogP contribution is 2.28. The van der Waals surface area contributed by atoms with Crippen LogP contribution in [0.25, 0.3) is 0 Å². The van der Waals surface area contributed by atoms with Gasteiger partial charge in [0.25, 0.3) is 5.91 Å². The predicted molar refractivity (Wildman–Crippen MR) is 106 cm³/mol. The fourth-order valence-electron chi connectivity index (χ4n) is 2.75. The first-order valence-corrected chi connectivity index (χ1v) is 9.93. The molecule has 1 N–H and O–H groups in total. The van der Waals surface area contributed by atoms with Crippen molar-refractivity contribution >= 4 is 29.3 Å². The zero-order valence-electron chi connectivity index (χ0n) is 15.4. The van der Waals surface area contributed by atoms with Gasteiger partial charge < -0.3 is 10.1 Å². The third-order valence-corrected chi connectivity index (χ3v) is 5.15. The van der Waals surface area contributed by atoms with E-state index in [1.807, 2.05) is 74.7 Å². The Kier molecular flexibility index (Phi) is 7.73. The quantitative estimate of drug-likeness (QED) is 0.539. The molecule has 2 atom stereocenters. The molecule has 0 unspecified atom stereocenters. The summed E-state index contributed by atoms with van der Waals surface area (Å²) in [6, 6.07) is 17.1. The number of benzene rings is 2. The van der Waals surface area contributed by atoms with E-state index in [1.54, 1.807) is 11.8 Å². The standard InChI is InChI=1S/C21H25NO3S/c1-4-15(2)20(16-10-6-5-7-11-16)21(24)25-14-19(23)22-17-12-8-9-13-18(17)26-3/h5-13,15,20H,4,14H2,1-3H3,(H,22,23)/t15-,20-/m1/s1. The zero-order chi connectivity index (χ0) is 18.9. The number of amides is 1. The second kappa shape index (κ2) is 10.0. The molecule has 1 amide bonds. The van der Waals surface area contributed by atoms with Gasteiger partial charge in [-0.2, -0.15) is 0 Å². The number of thioether (sulfide) groups is 1. The van der Waals surface area contributed by atoms with E-state index in [-0.39, 0.29) is 30.3 Å². The van der Waals surface area contributed by atoms with Crippen molar-refractivity contribution in [2.45, 2.75) is 31.1 Å². The number of anilines is 1. The van der Waals surface area contributed by atoms with Crippen LogP contribution >= 0.6 is 11.8 Å². The molecule has 26 heavy (non-hydrogen) atoms. The largest absolute Gasteiger partial charge is 0.455 e. The van der Waals surface area contributed by atoms with E-state index in [0.717, 1.165) is 22.6 Å². The van der Waals surface area contributed by atoms with E-state index in [9.17, 15) is 9.59 Å². The topological polar surface area (TPSA) is 55.4 Å². The molecular weight excluding hydrogens is 346 g/mol. The average molecular weight is 372 g/mol. The molecular formula is C21H25NO3S. The Labute approximate surface area is 159 Å². The van der Waals surface area contributed by atoms with Crippen LogP contribution < -0.4 is 5.32 Å². The van der Waals surface area contributed by atoms with Crippen LogP contribution in [0.1, 0.15) is 31.7 Å². The molecule has 2 rings (SSSR count). The number of ether oxygens (including phenoxy) is 1. The van der Waals surface area contributed by atoms with Crippen LogP contribution in [-0.4, -0.2) is 24.7 Å². The third-order valence-electron chi connectivity index (χ3n) is 4.35. The Bertz CT molecular complexity index is 733. The summed E-state index contributed by atoms with van der Waals surface area (Å²) in [6.07, 6.45) is 2.80. The number of nitrogens with one attached hydrogen (secondary N) is 1. The normalized spacial score (nSPS) is 12.9. The molecule has 138 valence electrons. The van der Waals surface area contributed by atoms with Crippen LogP contribution in [0.3, 0.4) is 0 Å². The summed E-state index contributed by atoms with van der Waals surface area (Å²) in [5.74, 6) is -0.938. The van der Waals surface area contributed by atoms with Gasteiger partial charge in [-0.25, -0.2) is 0 Å². The Morgan fingerprint density at radius 3 is 2.38 bits per heavy atom. The lowest BCUT2D eigenvalue weighted by Crippen LogP contribution is -2.27. The van der Waals surface area contributed by atoms with Crippen molar-refractivity contribution in [1.82, 2.24) is 0 Å². The number of rotatable bonds is 8. The Morgan fingerprint density at radius 2 is 1.73 bits per heavy atom. The van der Waals surface area contributed by atoms with Crippen molar-refractivity contribution in [2.24, 2.45) is 5.92 Å². The van der Waals surface area contributed by atoms with Crippen LogP contribution in [0.15, 0.2) is 59.5 Å². The summed E-state index contributed by atoms with van der Waals surface area (Å²) < 4.78 is 5.33. The van der Waals surface area contributed by atoms with E-state index in [2.05, 4.69) is 5.32 Å². The second-order valence-electron chi connectivity index (χ2n) is 6.13. The lowest BCUT2D eigenvalue weighted by atomic mass is 9.86. The van der Waals surface area contributed by atoms with Gasteiger partial charge in [-0.15, -0.1) is 11.8 Å². The number of hydrogen-bond acceptors (Lipinski definition) is 4. The maximum Gasteiger partial charge on any atom is 0.314 e. The second-order valence-corrected chi connectivity index (χ2v) is 6.98. The molecule has 4 nitrogen and oxygen atoms in total. The summed E-state index contributed by atoms with van der Waals surface area (Å²) in [5.41, 5.74) is 1.64. The lowest BCUT2D eigenvalue weighted by molar-refractivity contribution is -0.150. The summed E-state index contributed by atoms with van der Waals surface area (Å²) in [4.78, 5) is 25.8. The average Bonchev–Trinajstić information content (AvgIpc) is 2.67. The monoisotopic (exact) mass is 371 g/mol. The van der Waals surface area contributed by atoms with Gasteiger partial charge in [-0.1, -0.05) is 62.7 Å². The van der Waals surface area contributed by atoms with E-state index in [4.69, 9.17) is 4.74 Å². The van der Waals surface area contributed by atoms with Gasteiger partial charge in [-0.3, -0.25) is 9.59 Å². The molecule has 2 aromatic rings. The maximum absolute atomic E-state index is 12.6. The van der Waals surface area contributed by atoms with Gasteiger partial charge in [0.15, 0.2) is 6.61 Å². The highest BCUT2D eigenvalue weighted by molar-refractivity contribution is 7.98. The first-order chi connectivity index (χ1) is 12.6. The minimum absolute atomic E-state index is 0.130. The summed E-state index contributed by atoms with van der Waals surface area (Å²) in [7, 11) is 0. The minimum atomic E-state index is -0.368. The number of carbonyl (C=O) groups is 2. The maximum atomic E-state index is 12.6. The van der Waals surface area contributed by atoms with Gasteiger partial charge in [0.05, 0.1) is 11.6 Å². The summed E-state index contributed by atoms with van der Waals surface area (Å²) >= 11 is 1.55. The third kappa shape index (κ3) is 5.36. The molecule has 0 heterocycles. The molecule has 0 radical (unpaired) electrons. The summed E-state index contributed by atoms with van der Waals surface area (Å²) in [5, 5.41) is 2.80. The predicted octanol–water partition coefficient (Wildman–Crippen LogP) is 4.72.